The predicted octanol–water partition coefficient (Wildman–Crippen LogP) is 2.64. The van der Waals surface area contributed by atoms with Gasteiger partial charge in [-0.15, -0.1) is 0 Å². The topological polar surface area (TPSA) is 89.5 Å². The lowest BCUT2D eigenvalue weighted by Crippen LogP contribution is -2.19. The summed E-state index contributed by atoms with van der Waals surface area (Å²) in [5.74, 6) is -0.983. The SMILES string of the molecule is CC(C)(C)c1ccc(OS(=O)(=O)c2ccc3c(c2)C(=O)NC3=O)cc1. The number of hydrogen-bond acceptors (Lipinski definition) is 5. The fourth-order valence-corrected chi connectivity index (χ4v) is 3.45. The molecule has 0 radical (unpaired) electrons. The molecule has 0 aliphatic carbocycles. The molecule has 0 bridgehead atoms. The van der Waals surface area contributed by atoms with Crippen LogP contribution in [0, 0.1) is 0 Å². The summed E-state index contributed by atoms with van der Waals surface area (Å²) in [6.07, 6.45) is 0. The minimum Gasteiger partial charge on any atom is -0.379 e. The second-order valence-corrected chi connectivity index (χ2v) is 8.35. The van der Waals surface area contributed by atoms with Gasteiger partial charge in [0.15, 0.2) is 0 Å². The molecule has 3 rings (SSSR count). The molecule has 1 heterocycles. The van der Waals surface area contributed by atoms with Crippen molar-refractivity contribution in [3.8, 4) is 5.75 Å². The summed E-state index contributed by atoms with van der Waals surface area (Å²) in [6.45, 7) is 6.16. The number of amides is 2. The van der Waals surface area contributed by atoms with Gasteiger partial charge in [0.05, 0.1) is 11.1 Å². The van der Waals surface area contributed by atoms with Crippen LogP contribution in [0.15, 0.2) is 47.4 Å². The van der Waals surface area contributed by atoms with E-state index >= 15 is 0 Å². The Balaban J connectivity index is 1.89. The molecule has 2 aromatic rings. The monoisotopic (exact) mass is 359 g/mol. The fourth-order valence-electron chi connectivity index (χ4n) is 2.49. The van der Waals surface area contributed by atoms with Gasteiger partial charge >= 0.3 is 10.1 Å². The molecule has 7 heteroatoms. The van der Waals surface area contributed by atoms with Crippen molar-refractivity contribution in [1.29, 1.82) is 0 Å². The fraction of sp³-hybridized carbons (Fsp3) is 0.222. The molecule has 2 aromatic carbocycles. The van der Waals surface area contributed by atoms with Crippen molar-refractivity contribution in [2.45, 2.75) is 31.1 Å². The highest BCUT2D eigenvalue weighted by Crippen LogP contribution is 2.27. The first-order valence-electron chi connectivity index (χ1n) is 7.63. The van der Waals surface area contributed by atoms with Gasteiger partial charge in [0.2, 0.25) is 0 Å². The first-order chi connectivity index (χ1) is 11.6. The maximum atomic E-state index is 12.4. The molecular formula is C18H17NO5S. The summed E-state index contributed by atoms with van der Waals surface area (Å²) in [6, 6.07) is 10.5. The van der Waals surface area contributed by atoms with Gasteiger partial charge in [0.25, 0.3) is 11.8 Å². The van der Waals surface area contributed by atoms with E-state index in [0.717, 1.165) is 11.6 Å². The van der Waals surface area contributed by atoms with Crippen molar-refractivity contribution in [1.82, 2.24) is 5.32 Å². The van der Waals surface area contributed by atoms with Gasteiger partial charge in [-0.3, -0.25) is 14.9 Å². The lowest BCUT2D eigenvalue weighted by molar-refractivity contribution is 0.0879. The van der Waals surface area contributed by atoms with Crippen molar-refractivity contribution in [2.24, 2.45) is 0 Å². The van der Waals surface area contributed by atoms with Crippen LogP contribution in [0.1, 0.15) is 47.1 Å². The number of carbonyl (C=O) groups is 2. The molecule has 1 aliphatic heterocycles. The van der Waals surface area contributed by atoms with Gasteiger partial charge < -0.3 is 4.18 Å². The van der Waals surface area contributed by atoms with E-state index in [0.29, 0.717) is 0 Å². The van der Waals surface area contributed by atoms with E-state index in [9.17, 15) is 18.0 Å². The van der Waals surface area contributed by atoms with E-state index in [-0.39, 0.29) is 27.2 Å². The molecule has 0 atom stereocenters. The third-order valence-electron chi connectivity index (χ3n) is 3.92. The first kappa shape index (κ1) is 17.2. The molecule has 0 spiro atoms. The molecule has 130 valence electrons. The molecule has 1 N–H and O–H groups in total. The lowest BCUT2D eigenvalue weighted by Gasteiger charge is -2.19. The van der Waals surface area contributed by atoms with Crippen molar-refractivity contribution >= 4 is 21.9 Å². The Kier molecular flexibility index (Phi) is 3.91. The van der Waals surface area contributed by atoms with Crippen LogP contribution in [0.5, 0.6) is 5.75 Å². The number of rotatable bonds is 3. The zero-order chi connectivity index (χ0) is 18.4. The summed E-state index contributed by atoms with van der Waals surface area (Å²) >= 11 is 0. The Bertz CT molecular complexity index is 970. The zero-order valence-corrected chi connectivity index (χ0v) is 14.8. The number of nitrogens with one attached hydrogen (secondary N) is 1. The average Bonchev–Trinajstić information content (AvgIpc) is 2.81. The number of imide groups is 1. The van der Waals surface area contributed by atoms with E-state index in [4.69, 9.17) is 4.18 Å². The van der Waals surface area contributed by atoms with Gasteiger partial charge in [-0.2, -0.15) is 8.42 Å². The van der Waals surface area contributed by atoms with E-state index in [1.165, 1.54) is 12.1 Å². The van der Waals surface area contributed by atoms with Crippen LogP contribution in [0.4, 0.5) is 0 Å². The number of benzene rings is 2. The van der Waals surface area contributed by atoms with E-state index < -0.39 is 21.9 Å². The minimum atomic E-state index is -4.12. The first-order valence-corrected chi connectivity index (χ1v) is 9.03. The molecule has 2 amide bonds. The van der Waals surface area contributed by atoms with Gasteiger partial charge in [-0.25, -0.2) is 0 Å². The van der Waals surface area contributed by atoms with Crippen molar-refractivity contribution in [3.63, 3.8) is 0 Å². The Hall–Kier alpha value is -2.67. The van der Waals surface area contributed by atoms with Crippen LogP contribution in [0.2, 0.25) is 0 Å². The van der Waals surface area contributed by atoms with Gasteiger partial charge in [-0.05, 0) is 41.3 Å². The third kappa shape index (κ3) is 3.28. The molecule has 0 unspecified atom stereocenters. The predicted molar refractivity (Wildman–Crippen MR) is 91.2 cm³/mol. The number of fused-ring (bicyclic) bond motifs is 1. The smallest absolute Gasteiger partial charge is 0.339 e. The average molecular weight is 359 g/mol. The highest BCUT2D eigenvalue weighted by molar-refractivity contribution is 7.87. The molecule has 0 saturated heterocycles. The highest BCUT2D eigenvalue weighted by atomic mass is 32.2. The Labute approximate surface area is 145 Å². The summed E-state index contributed by atoms with van der Waals surface area (Å²) in [4.78, 5) is 23.0. The maximum absolute atomic E-state index is 12.4. The van der Waals surface area contributed by atoms with Crippen LogP contribution in [-0.4, -0.2) is 20.2 Å². The van der Waals surface area contributed by atoms with Crippen LogP contribution in [-0.2, 0) is 15.5 Å². The lowest BCUT2D eigenvalue weighted by atomic mass is 9.87. The summed E-state index contributed by atoms with van der Waals surface area (Å²) in [5.41, 5.74) is 1.17. The minimum absolute atomic E-state index is 0.0257. The molecule has 6 nitrogen and oxygen atoms in total. The van der Waals surface area contributed by atoms with Crippen LogP contribution in [0.25, 0.3) is 0 Å². The second kappa shape index (κ2) is 5.70. The standard InChI is InChI=1S/C18H17NO5S/c1-18(2,3)11-4-6-12(7-5-11)24-25(22,23)13-8-9-14-15(10-13)17(21)19-16(14)20/h4-10H,1-3H3,(H,19,20,21). The Morgan fingerprint density at radius 1 is 0.880 bits per heavy atom. The molecule has 0 aromatic heterocycles. The van der Waals surface area contributed by atoms with Crippen molar-refractivity contribution in [2.75, 3.05) is 0 Å². The normalized spacial score (nSPS) is 14.2. The molecule has 0 fully saturated rings. The van der Waals surface area contributed by atoms with Crippen molar-refractivity contribution < 1.29 is 22.2 Å². The molecule has 1 aliphatic rings. The van der Waals surface area contributed by atoms with Crippen LogP contribution >= 0.6 is 0 Å². The number of hydrogen-bond donors (Lipinski definition) is 1. The quantitative estimate of drug-likeness (QED) is 0.672. The zero-order valence-electron chi connectivity index (χ0n) is 14.0. The van der Waals surface area contributed by atoms with E-state index in [1.54, 1.807) is 24.3 Å². The van der Waals surface area contributed by atoms with Crippen LogP contribution in [0.3, 0.4) is 0 Å². The van der Waals surface area contributed by atoms with E-state index in [2.05, 4.69) is 26.1 Å². The van der Waals surface area contributed by atoms with E-state index in [1.807, 2.05) is 0 Å². The molecule has 25 heavy (non-hydrogen) atoms. The summed E-state index contributed by atoms with van der Waals surface area (Å²) in [7, 11) is -4.12. The van der Waals surface area contributed by atoms with Crippen molar-refractivity contribution in [3.05, 3.63) is 59.2 Å². The highest BCUT2D eigenvalue weighted by Gasteiger charge is 2.29. The largest absolute Gasteiger partial charge is 0.379 e. The van der Waals surface area contributed by atoms with Crippen LogP contribution < -0.4 is 9.50 Å². The molecule has 0 saturated carbocycles. The van der Waals surface area contributed by atoms with Gasteiger partial charge in [0.1, 0.15) is 10.6 Å². The second-order valence-electron chi connectivity index (χ2n) is 6.80. The third-order valence-corrected chi connectivity index (χ3v) is 5.17. The summed E-state index contributed by atoms with van der Waals surface area (Å²) in [5, 5.41) is 2.12. The maximum Gasteiger partial charge on any atom is 0.339 e. The van der Waals surface area contributed by atoms with Gasteiger partial charge in [0, 0.05) is 0 Å². The Morgan fingerprint density at radius 2 is 1.48 bits per heavy atom. The Morgan fingerprint density at radius 3 is 2.08 bits per heavy atom. The number of carbonyl (C=O) groups excluding carboxylic acids is 2. The molecular weight excluding hydrogens is 342 g/mol. The van der Waals surface area contributed by atoms with Gasteiger partial charge in [-0.1, -0.05) is 32.9 Å². The summed E-state index contributed by atoms with van der Waals surface area (Å²) < 4.78 is 30.0.